The number of hydrogen-bond donors (Lipinski definition) is 1. The van der Waals surface area contributed by atoms with E-state index in [-0.39, 0.29) is 12.1 Å². The van der Waals surface area contributed by atoms with Crippen LogP contribution >= 0.6 is 12.1 Å². The zero-order valence-electron chi connectivity index (χ0n) is 6.41. The maximum Gasteiger partial charge on any atom is 0.122 e. The van der Waals surface area contributed by atoms with Gasteiger partial charge in [-0.15, -0.1) is 0 Å². The molecule has 0 aromatic heterocycles. The number of aryl methyl sites for hydroxylation is 1. The molecule has 0 aliphatic carbocycles. The Morgan fingerprint density at radius 3 is 2.75 bits per heavy atom. The van der Waals surface area contributed by atoms with Crippen molar-refractivity contribution >= 4 is 23.1 Å². The summed E-state index contributed by atoms with van der Waals surface area (Å²) in [5, 5.41) is 5.18. The predicted molar refractivity (Wildman–Crippen MR) is 48.7 cm³/mol. The third kappa shape index (κ3) is 2.06. The lowest BCUT2D eigenvalue weighted by atomic mass is 10.2. The Balaban J connectivity index is 3.17. The van der Waals surface area contributed by atoms with E-state index in [2.05, 4.69) is 0 Å². The zero-order chi connectivity index (χ0) is 9.14. The van der Waals surface area contributed by atoms with Gasteiger partial charge in [0.1, 0.15) is 11.0 Å². The first-order valence-corrected chi connectivity index (χ1v) is 5.13. The highest BCUT2D eigenvalue weighted by Crippen LogP contribution is 2.22. The van der Waals surface area contributed by atoms with E-state index in [0.29, 0.717) is 9.79 Å². The Labute approximate surface area is 77.2 Å². The number of hydrogen-bond acceptors (Lipinski definition) is 2. The molecule has 1 unspecified atom stereocenters. The molecule has 1 aromatic rings. The number of benzene rings is 1. The molecule has 0 heterocycles. The number of rotatable bonds is 2. The van der Waals surface area contributed by atoms with Gasteiger partial charge >= 0.3 is 0 Å². The third-order valence-corrected chi connectivity index (χ3v) is 2.77. The van der Waals surface area contributed by atoms with Crippen LogP contribution in [0, 0.1) is 6.92 Å². The standard InChI is InChI=1S/C7H8FNOS2/c1-5-2-3-6(11-8)4-7(5)12(9)10/h2-4H,9H2,1H3. The van der Waals surface area contributed by atoms with Gasteiger partial charge in [0, 0.05) is 4.90 Å². The molecular weight excluding hydrogens is 197 g/mol. The largest absolute Gasteiger partial charge is 0.248 e. The van der Waals surface area contributed by atoms with Crippen LogP contribution in [0.4, 0.5) is 3.89 Å². The average molecular weight is 205 g/mol. The second kappa shape index (κ2) is 4.02. The van der Waals surface area contributed by atoms with E-state index in [0.717, 1.165) is 5.56 Å². The van der Waals surface area contributed by atoms with Gasteiger partial charge in [0.15, 0.2) is 0 Å². The minimum atomic E-state index is -1.53. The summed E-state index contributed by atoms with van der Waals surface area (Å²) in [6.07, 6.45) is 0. The first-order valence-electron chi connectivity index (χ1n) is 3.20. The molecule has 2 nitrogen and oxygen atoms in total. The van der Waals surface area contributed by atoms with Crippen molar-refractivity contribution in [3.8, 4) is 0 Å². The summed E-state index contributed by atoms with van der Waals surface area (Å²) in [5.41, 5.74) is 0.814. The van der Waals surface area contributed by atoms with E-state index in [4.69, 9.17) is 5.14 Å². The highest BCUT2D eigenvalue weighted by molar-refractivity contribution is 7.94. The van der Waals surface area contributed by atoms with Gasteiger partial charge in [0.2, 0.25) is 0 Å². The van der Waals surface area contributed by atoms with Crippen LogP contribution in [0.3, 0.4) is 0 Å². The van der Waals surface area contributed by atoms with Gasteiger partial charge in [-0.25, -0.2) is 9.35 Å². The van der Waals surface area contributed by atoms with Crippen molar-refractivity contribution in [1.29, 1.82) is 0 Å². The predicted octanol–water partition coefficient (Wildman–Crippen LogP) is 1.95. The van der Waals surface area contributed by atoms with Gasteiger partial charge in [0.05, 0.1) is 17.0 Å². The van der Waals surface area contributed by atoms with Gasteiger partial charge < -0.3 is 0 Å². The topological polar surface area (TPSA) is 43.1 Å². The van der Waals surface area contributed by atoms with E-state index in [1.165, 1.54) is 6.07 Å². The SMILES string of the molecule is Cc1ccc(SF)cc1S(N)=O. The zero-order valence-corrected chi connectivity index (χ0v) is 8.05. The summed E-state index contributed by atoms with van der Waals surface area (Å²) in [4.78, 5) is 0.909. The first-order chi connectivity index (χ1) is 5.65. The number of halogens is 1. The van der Waals surface area contributed by atoms with Crippen molar-refractivity contribution in [2.24, 2.45) is 5.14 Å². The maximum atomic E-state index is 12.1. The molecule has 0 amide bonds. The number of nitrogens with two attached hydrogens (primary N) is 1. The lowest BCUT2D eigenvalue weighted by Crippen LogP contribution is -2.04. The Morgan fingerprint density at radius 1 is 1.58 bits per heavy atom. The first kappa shape index (κ1) is 9.70. The van der Waals surface area contributed by atoms with E-state index in [9.17, 15) is 8.09 Å². The molecule has 5 heteroatoms. The van der Waals surface area contributed by atoms with Crippen molar-refractivity contribution in [3.63, 3.8) is 0 Å². The van der Waals surface area contributed by atoms with Crippen LogP contribution in [0.15, 0.2) is 28.0 Å². The van der Waals surface area contributed by atoms with Crippen LogP contribution in [0.5, 0.6) is 0 Å². The van der Waals surface area contributed by atoms with Crippen LogP contribution in [-0.4, -0.2) is 4.21 Å². The Hall–Kier alpha value is -0.390. The monoisotopic (exact) mass is 205 g/mol. The van der Waals surface area contributed by atoms with E-state index >= 15 is 0 Å². The lowest BCUT2D eigenvalue weighted by molar-refractivity contribution is 0.683. The summed E-state index contributed by atoms with van der Waals surface area (Å²) in [6, 6.07) is 4.81. The molecule has 66 valence electrons. The minimum absolute atomic E-state index is 0.119. The van der Waals surface area contributed by atoms with E-state index in [1.807, 2.05) is 0 Å². The summed E-state index contributed by atoms with van der Waals surface area (Å²) in [5.74, 6) is 0. The summed E-state index contributed by atoms with van der Waals surface area (Å²) < 4.78 is 23.0. The summed E-state index contributed by atoms with van der Waals surface area (Å²) in [6.45, 7) is 1.78. The Kier molecular flexibility index (Phi) is 3.25. The fourth-order valence-corrected chi connectivity index (χ4v) is 1.83. The van der Waals surface area contributed by atoms with Gasteiger partial charge in [0.25, 0.3) is 0 Å². The second-order valence-electron chi connectivity index (χ2n) is 2.30. The molecule has 0 bridgehead atoms. The lowest BCUT2D eigenvalue weighted by Gasteiger charge is -2.01. The molecule has 0 aliphatic rings. The molecule has 12 heavy (non-hydrogen) atoms. The van der Waals surface area contributed by atoms with Gasteiger partial charge in [-0.05, 0) is 24.6 Å². The smallest absolute Gasteiger partial charge is 0.122 e. The highest BCUT2D eigenvalue weighted by Gasteiger charge is 2.04. The quantitative estimate of drug-likeness (QED) is 0.802. The fourth-order valence-electron chi connectivity index (χ4n) is 0.845. The van der Waals surface area contributed by atoms with Crippen molar-refractivity contribution in [2.75, 3.05) is 0 Å². The van der Waals surface area contributed by atoms with Crippen LogP contribution < -0.4 is 5.14 Å². The Bertz CT molecular complexity index is 316. The minimum Gasteiger partial charge on any atom is -0.248 e. The molecule has 0 spiro atoms. The van der Waals surface area contributed by atoms with Crippen molar-refractivity contribution in [2.45, 2.75) is 16.7 Å². The Morgan fingerprint density at radius 2 is 2.25 bits per heavy atom. The van der Waals surface area contributed by atoms with E-state index < -0.39 is 11.0 Å². The molecule has 0 saturated heterocycles. The molecule has 0 saturated carbocycles. The summed E-state index contributed by atoms with van der Waals surface area (Å²) in [7, 11) is -1.53. The molecule has 1 rings (SSSR count). The van der Waals surface area contributed by atoms with Gasteiger partial charge in [-0.1, -0.05) is 6.07 Å². The summed E-state index contributed by atoms with van der Waals surface area (Å²) >= 11 is 0.119. The molecule has 0 radical (unpaired) electrons. The van der Waals surface area contributed by atoms with Crippen molar-refractivity contribution in [1.82, 2.24) is 0 Å². The van der Waals surface area contributed by atoms with Crippen LogP contribution in [-0.2, 0) is 11.0 Å². The average Bonchev–Trinajstić information content (AvgIpc) is 2.05. The third-order valence-electron chi connectivity index (χ3n) is 1.47. The molecule has 0 aliphatic heterocycles. The highest BCUT2D eigenvalue weighted by atomic mass is 32.2. The van der Waals surface area contributed by atoms with Gasteiger partial charge in [-0.3, -0.25) is 0 Å². The second-order valence-corrected chi connectivity index (χ2v) is 3.96. The fraction of sp³-hybridized carbons (Fsp3) is 0.143. The van der Waals surface area contributed by atoms with Crippen LogP contribution in [0.2, 0.25) is 0 Å². The molecular formula is C7H8FNOS2. The van der Waals surface area contributed by atoms with Crippen molar-refractivity contribution < 1.29 is 8.09 Å². The maximum absolute atomic E-state index is 12.1. The van der Waals surface area contributed by atoms with Crippen molar-refractivity contribution in [3.05, 3.63) is 23.8 Å². The van der Waals surface area contributed by atoms with Crippen LogP contribution in [0.25, 0.3) is 0 Å². The molecule has 2 N–H and O–H groups in total. The molecule has 0 fully saturated rings. The molecule has 1 atom stereocenters. The van der Waals surface area contributed by atoms with Crippen LogP contribution in [0.1, 0.15) is 5.56 Å². The molecule has 1 aromatic carbocycles. The van der Waals surface area contributed by atoms with E-state index in [1.54, 1.807) is 19.1 Å². The normalized spacial score (nSPS) is 12.9. The van der Waals surface area contributed by atoms with Gasteiger partial charge in [-0.2, -0.15) is 3.89 Å².